The van der Waals surface area contributed by atoms with E-state index in [1.54, 1.807) is 0 Å². The summed E-state index contributed by atoms with van der Waals surface area (Å²) >= 11 is 0. The second-order valence-corrected chi connectivity index (χ2v) is 8.83. The van der Waals surface area contributed by atoms with Crippen molar-refractivity contribution >= 4 is 5.82 Å². The number of hydrazine groups is 1. The number of nitrogens with zero attached hydrogens (tertiary/aromatic N) is 4. The molecule has 0 bridgehead atoms. The molecule has 2 aromatic rings. The molecule has 4 heterocycles. The molecule has 3 aliphatic rings. The first-order valence-corrected chi connectivity index (χ1v) is 10.4. The summed E-state index contributed by atoms with van der Waals surface area (Å²) < 4.78 is 15.5. The molecule has 5 rings (SSSR count). The van der Waals surface area contributed by atoms with E-state index in [9.17, 15) is 4.39 Å². The van der Waals surface area contributed by atoms with Gasteiger partial charge in [0.05, 0.1) is 18.8 Å². The first kappa shape index (κ1) is 18.1. The Morgan fingerprint density at radius 1 is 1.21 bits per heavy atom. The van der Waals surface area contributed by atoms with Crippen molar-refractivity contribution in [2.24, 2.45) is 18.9 Å². The van der Waals surface area contributed by atoms with Crippen LogP contribution in [0.1, 0.15) is 49.3 Å². The summed E-state index contributed by atoms with van der Waals surface area (Å²) in [6.07, 6.45) is 8.24. The third-order valence-corrected chi connectivity index (χ3v) is 6.90. The van der Waals surface area contributed by atoms with E-state index in [1.807, 2.05) is 24.1 Å². The molecule has 0 radical (unpaired) electrons. The summed E-state index contributed by atoms with van der Waals surface area (Å²) in [6.45, 7) is 3.56. The van der Waals surface area contributed by atoms with Gasteiger partial charge < -0.3 is 4.90 Å². The van der Waals surface area contributed by atoms with Crippen molar-refractivity contribution in [3.05, 3.63) is 41.9 Å². The van der Waals surface area contributed by atoms with Crippen molar-refractivity contribution in [1.29, 1.82) is 0 Å². The molecular formula is C21H29FN6. The summed E-state index contributed by atoms with van der Waals surface area (Å²) in [5.41, 5.74) is 9.71. The molecule has 0 spiro atoms. The number of hydrogen-bond donors (Lipinski definition) is 2. The Morgan fingerprint density at radius 3 is 2.86 bits per heavy atom. The molecule has 28 heavy (non-hydrogen) atoms. The molecular weight excluding hydrogens is 355 g/mol. The van der Waals surface area contributed by atoms with Crippen LogP contribution in [0.5, 0.6) is 0 Å². The lowest BCUT2D eigenvalue weighted by molar-refractivity contribution is 0.209. The third kappa shape index (κ3) is 3.20. The molecule has 7 heteroatoms. The number of fused-ring (bicyclic) bond motifs is 1. The minimum atomic E-state index is -0.736. The van der Waals surface area contributed by atoms with Crippen molar-refractivity contribution in [2.45, 2.75) is 50.4 Å². The summed E-state index contributed by atoms with van der Waals surface area (Å²) in [7, 11) is 1.98. The Balaban J connectivity index is 1.39. The molecule has 1 saturated carbocycles. The molecule has 0 amide bonds. The summed E-state index contributed by atoms with van der Waals surface area (Å²) in [4.78, 5) is 6.58. The van der Waals surface area contributed by atoms with E-state index in [0.717, 1.165) is 18.8 Å². The Morgan fingerprint density at radius 2 is 2.11 bits per heavy atom. The van der Waals surface area contributed by atoms with E-state index in [4.69, 9.17) is 0 Å². The van der Waals surface area contributed by atoms with E-state index >= 15 is 0 Å². The maximum atomic E-state index is 13.6. The Hall–Kier alpha value is -1.99. The first-order chi connectivity index (χ1) is 13.6. The number of aryl methyl sites for hydroxylation is 1. The molecule has 2 N–H and O–H groups in total. The highest BCUT2D eigenvalue weighted by Gasteiger charge is 2.45. The summed E-state index contributed by atoms with van der Waals surface area (Å²) in [5, 5.41) is 4.38. The zero-order chi connectivity index (χ0) is 19.3. The second kappa shape index (κ2) is 7.12. The molecule has 1 aliphatic carbocycles. The minimum Gasteiger partial charge on any atom is -0.354 e. The standard InChI is InChI=1S/C21H29FN6/c1-13-7-15(16-10-24-27(2)11-16)8-18-20(13)25-26-21(18)14-3-5-23-19(9-14)28-6-4-17(22)12-28/h3,5,9-11,13,15,17-18,20-21,25-26H,4,6-8,12H2,1-2H3/t13?,15?,17-,18?,20?,21?/m1/s1. The number of aromatic nitrogens is 3. The fourth-order valence-electron chi connectivity index (χ4n) is 5.45. The number of hydrogen-bond acceptors (Lipinski definition) is 5. The maximum Gasteiger partial charge on any atom is 0.128 e. The van der Waals surface area contributed by atoms with Crippen molar-refractivity contribution < 1.29 is 4.39 Å². The highest BCUT2D eigenvalue weighted by Crippen LogP contribution is 2.46. The number of nitrogens with one attached hydrogen (secondary N) is 2. The van der Waals surface area contributed by atoms with Crippen LogP contribution in [0.4, 0.5) is 10.2 Å². The average molecular weight is 385 g/mol. The highest BCUT2D eigenvalue weighted by molar-refractivity contribution is 5.43. The third-order valence-electron chi connectivity index (χ3n) is 6.90. The second-order valence-electron chi connectivity index (χ2n) is 8.83. The number of alkyl halides is 1. The van der Waals surface area contributed by atoms with Crippen molar-refractivity contribution in [3.8, 4) is 0 Å². The van der Waals surface area contributed by atoms with Gasteiger partial charge in [-0.25, -0.2) is 14.8 Å². The first-order valence-electron chi connectivity index (χ1n) is 10.4. The number of anilines is 1. The average Bonchev–Trinajstić information content (AvgIpc) is 3.41. The van der Waals surface area contributed by atoms with Crippen molar-refractivity contribution in [3.63, 3.8) is 0 Å². The van der Waals surface area contributed by atoms with Gasteiger partial charge in [0, 0.05) is 32.0 Å². The largest absolute Gasteiger partial charge is 0.354 e. The van der Waals surface area contributed by atoms with E-state index < -0.39 is 6.17 Å². The van der Waals surface area contributed by atoms with Gasteiger partial charge in [0.25, 0.3) is 0 Å². The Bertz CT molecular complexity index is 838. The van der Waals surface area contributed by atoms with Crippen LogP contribution in [-0.2, 0) is 7.05 Å². The van der Waals surface area contributed by atoms with E-state index in [2.05, 4.69) is 51.1 Å². The zero-order valence-corrected chi connectivity index (χ0v) is 16.6. The normalized spacial score (nSPS) is 35.3. The summed E-state index contributed by atoms with van der Waals surface area (Å²) in [6, 6.07) is 4.97. The van der Waals surface area contributed by atoms with Crippen LogP contribution in [0.15, 0.2) is 30.7 Å². The lowest BCUT2D eigenvalue weighted by atomic mass is 9.68. The van der Waals surface area contributed by atoms with Crippen LogP contribution in [-0.4, -0.2) is 40.1 Å². The fourth-order valence-corrected chi connectivity index (χ4v) is 5.45. The molecule has 5 unspecified atom stereocenters. The molecule has 150 valence electrons. The van der Waals surface area contributed by atoms with Gasteiger partial charge in [-0.3, -0.25) is 10.1 Å². The molecule has 3 fully saturated rings. The maximum absolute atomic E-state index is 13.6. The molecule has 6 atom stereocenters. The lowest BCUT2D eigenvalue weighted by Gasteiger charge is -2.37. The Labute approximate surface area is 165 Å². The van der Waals surface area contributed by atoms with Gasteiger partial charge >= 0.3 is 0 Å². The predicted octanol–water partition coefficient (Wildman–Crippen LogP) is 2.71. The van der Waals surface area contributed by atoms with Gasteiger partial charge in [0.1, 0.15) is 12.0 Å². The Kier molecular flexibility index (Phi) is 4.59. The quantitative estimate of drug-likeness (QED) is 0.852. The number of pyridine rings is 1. The van der Waals surface area contributed by atoms with Gasteiger partial charge in [0.2, 0.25) is 0 Å². The molecule has 2 aliphatic heterocycles. The van der Waals surface area contributed by atoms with Gasteiger partial charge in [0.15, 0.2) is 0 Å². The lowest BCUT2D eigenvalue weighted by Crippen LogP contribution is -2.40. The molecule has 2 saturated heterocycles. The zero-order valence-electron chi connectivity index (χ0n) is 16.6. The predicted molar refractivity (Wildman–Crippen MR) is 107 cm³/mol. The van der Waals surface area contributed by atoms with Crippen LogP contribution in [0.3, 0.4) is 0 Å². The van der Waals surface area contributed by atoms with Gasteiger partial charge in [-0.15, -0.1) is 0 Å². The smallest absolute Gasteiger partial charge is 0.128 e. The van der Waals surface area contributed by atoms with Crippen molar-refractivity contribution in [2.75, 3.05) is 18.0 Å². The van der Waals surface area contributed by atoms with E-state index in [0.29, 0.717) is 36.8 Å². The molecule has 6 nitrogen and oxygen atoms in total. The van der Waals surface area contributed by atoms with Crippen LogP contribution in [0.25, 0.3) is 0 Å². The van der Waals surface area contributed by atoms with Crippen LogP contribution in [0, 0.1) is 11.8 Å². The minimum absolute atomic E-state index is 0.248. The molecule has 0 aromatic carbocycles. The highest BCUT2D eigenvalue weighted by atomic mass is 19.1. The fraction of sp³-hybridized carbons (Fsp3) is 0.619. The van der Waals surface area contributed by atoms with E-state index in [-0.39, 0.29) is 6.04 Å². The van der Waals surface area contributed by atoms with Gasteiger partial charge in [-0.2, -0.15) is 5.10 Å². The monoisotopic (exact) mass is 384 g/mol. The van der Waals surface area contributed by atoms with Crippen LogP contribution >= 0.6 is 0 Å². The molecule has 2 aromatic heterocycles. The number of halogens is 1. The van der Waals surface area contributed by atoms with Crippen molar-refractivity contribution in [1.82, 2.24) is 25.6 Å². The summed E-state index contributed by atoms with van der Waals surface area (Å²) in [5.74, 6) is 2.54. The van der Waals surface area contributed by atoms with Gasteiger partial charge in [-0.1, -0.05) is 6.92 Å². The SMILES string of the molecule is CC1CC(c2cnn(C)c2)CC2C(c3ccnc(N4CC[C@@H](F)C4)c3)NNC12. The van der Waals surface area contributed by atoms with Crippen LogP contribution in [0.2, 0.25) is 0 Å². The van der Waals surface area contributed by atoms with E-state index in [1.165, 1.54) is 17.5 Å². The number of rotatable bonds is 3. The van der Waals surface area contributed by atoms with Gasteiger partial charge in [-0.05, 0) is 60.3 Å². The topological polar surface area (TPSA) is 58.0 Å². The van der Waals surface area contributed by atoms with Crippen LogP contribution < -0.4 is 15.8 Å².